The number of nitrogens with zero attached hydrogens (tertiary/aromatic N) is 2. The fourth-order valence-electron chi connectivity index (χ4n) is 3.67. The molecule has 1 aliphatic carbocycles. The van der Waals surface area contributed by atoms with Crippen LogP contribution in [0.2, 0.25) is 0 Å². The van der Waals surface area contributed by atoms with Crippen LogP contribution >= 0.6 is 0 Å². The molecular formula is C19H19N3O3S. The van der Waals surface area contributed by atoms with E-state index in [4.69, 9.17) is 9.66 Å². The van der Waals surface area contributed by atoms with Crippen molar-refractivity contribution in [1.29, 1.82) is 0 Å². The van der Waals surface area contributed by atoms with Crippen LogP contribution in [0.1, 0.15) is 37.1 Å². The highest BCUT2D eigenvalue weighted by atomic mass is 32.2. The molecule has 1 heterocycles. The van der Waals surface area contributed by atoms with Gasteiger partial charge in [0.1, 0.15) is 0 Å². The molecule has 7 heteroatoms. The van der Waals surface area contributed by atoms with Crippen LogP contribution in [0.25, 0.3) is 11.5 Å². The Morgan fingerprint density at radius 3 is 2.27 bits per heavy atom. The molecule has 1 fully saturated rings. The van der Waals surface area contributed by atoms with Crippen molar-refractivity contribution in [3.05, 3.63) is 66.0 Å². The van der Waals surface area contributed by atoms with E-state index >= 15 is 0 Å². The molecule has 0 bridgehead atoms. The molecule has 2 atom stereocenters. The molecule has 4 rings (SSSR count). The molecule has 134 valence electrons. The van der Waals surface area contributed by atoms with Gasteiger partial charge < -0.3 is 4.52 Å². The van der Waals surface area contributed by atoms with Crippen molar-refractivity contribution in [2.24, 2.45) is 10.6 Å². The first-order chi connectivity index (χ1) is 12.3. The largest absolute Gasteiger partial charge is 0.334 e. The summed E-state index contributed by atoms with van der Waals surface area (Å²) in [5.41, 5.74) is 1.89. The molecule has 0 aliphatic heterocycles. The molecule has 2 aromatic carbocycles. The van der Waals surface area contributed by atoms with Crippen molar-refractivity contribution in [3.8, 4) is 11.5 Å². The third kappa shape index (κ3) is 2.83. The molecular weight excluding hydrogens is 350 g/mol. The highest BCUT2D eigenvalue weighted by Gasteiger charge is 2.61. The predicted molar refractivity (Wildman–Crippen MR) is 96.8 cm³/mol. The van der Waals surface area contributed by atoms with E-state index in [1.54, 1.807) is 12.1 Å². The predicted octanol–water partition coefficient (Wildman–Crippen LogP) is 3.29. The number of hydrogen-bond donors (Lipinski definition) is 1. The molecule has 1 aliphatic rings. The van der Waals surface area contributed by atoms with Gasteiger partial charge in [-0.05, 0) is 35.2 Å². The second-order valence-electron chi connectivity index (χ2n) is 7.21. The van der Waals surface area contributed by atoms with Crippen molar-refractivity contribution >= 4 is 10.0 Å². The van der Waals surface area contributed by atoms with Crippen molar-refractivity contribution < 1.29 is 12.9 Å². The average molecular weight is 369 g/mol. The Morgan fingerprint density at radius 1 is 1.00 bits per heavy atom. The second-order valence-corrected chi connectivity index (χ2v) is 8.78. The number of hydrogen-bond acceptors (Lipinski definition) is 5. The van der Waals surface area contributed by atoms with Crippen molar-refractivity contribution in [3.63, 3.8) is 0 Å². The quantitative estimate of drug-likeness (QED) is 0.761. The highest BCUT2D eigenvalue weighted by molar-refractivity contribution is 7.89. The van der Waals surface area contributed by atoms with Gasteiger partial charge in [-0.2, -0.15) is 4.98 Å². The average Bonchev–Trinajstić information content (AvgIpc) is 2.95. The van der Waals surface area contributed by atoms with Crippen LogP contribution in [0.3, 0.4) is 0 Å². The van der Waals surface area contributed by atoms with Crippen LogP contribution in [0.4, 0.5) is 0 Å². The Bertz CT molecular complexity index is 1040. The topological polar surface area (TPSA) is 99.1 Å². The lowest BCUT2D eigenvalue weighted by Crippen LogP contribution is -2.11. The molecule has 1 aromatic heterocycles. The standard InChI is InChI=1S/C19H19N3O3S/c1-19(2)15(12-8-10-14(11-9-12)26(20,23)24)16(19)17-21-18(25-22-17)13-6-4-3-5-7-13/h3-11,15-16H,1-2H3,(H2,20,23,24)/t15-,16+/m1/s1. The van der Waals surface area contributed by atoms with Gasteiger partial charge in [-0.3, -0.25) is 0 Å². The van der Waals surface area contributed by atoms with Crippen LogP contribution in [0.5, 0.6) is 0 Å². The minimum Gasteiger partial charge on any atom is -0.334 e. The summed E-state index contributed by atoms with van der Waals surface area (Å²) in [6.45, 7) is 4.29. The van der Waals surface area contributed by atoms with Gasteiger partial charge in [-0.15, -0.1) is 0 Å². The Hall–Kier alpha value is -2.51. The summed E-state index contributed by atoms with van der Waals surface area (Å²) in [6.07, 6.45) is 0. The summed E-state index contributed by atoms with van der Waals surface area (Å²) in [5.74, 6) is 1.49. The first-order valence-corrected chi connectivity index (χ1v) is 9.85. The van der Waals surface area contributed by atoms with Crippen molar-refractivity contribution in [2.45, 2.75) is 30.6 Å². The molecule has 3 aromatic rings. The van der Waals surface area contributed by atoms with E-state index in [-0.39, 0.29) is 22.1 Å². The van der Waals surface area contributed by atoms with Crippen LogP contribution in [0, 0.1) is 5.41 Å². The smallest absolute Gasteiger partial charge is 0.257 e. The number of benzene rings is 2. The van der Waals surface area contributed by atoms with E-state index < -0.39 is 10.0 Å². The van der Waals surface area contributed by atoms with Gasteiger partial charge in [0.05, 0.1) is 4.90 Å². The fourth-order valence-corrected chi connectivity index (χ4v) is 4.18. The summed E-state index contributed by atoms with van der Waals surface area (Å²) < 4.78 is 28.3. The Morgan fingerprint density at radius 2 is 1.65 bits per heavy atom. The molecule has 2 N–H and O–H groups in total. The van der Waals surface area contributed by atoms with E-state index in [1.165, 1.54) is 0 Å². The van der Waals surface area contributed by atoms with Crippen LogP contribution in [-0.2, 0) is 10.0 Å². The van der Waals surface area contributed by atoms with Gasteiger partial charge in [0.25, 0.3) is 5.89 Å². The lowest BCUT2D eigenvalue weighted by atomic mass is 10.0. The Balaban J connectivity index is 1.62. The van der Waals surface area contributed by atoms with Gasteiger partial charge in [0.15, 0.2) is 5.82 Å². The van der Waals surface area contributed by atoms with E-state index in [0.29, 0.717) is 11.7 Å². The van der Waals surface area contributed by atoms with E-state index in [1.807, 2.05) is 42.5 Å². The third-order valence-electron chi connectivity index (χ3n) is 5.14. The highest BCUT2D eigenvalue weighted by Crippen LogP contribution is 2.69. The summed E-state index contributed by atoms with van der Waals surface area (Å²) in [4.78, 5) is 4.69. The minimum absolute atomic E-state index is 0.0407. The number of aromatic nitrogens is 2. The zero-order chi connectivity index (χ0) is 18.5. The van der Waals surface area contributed by atoms with Crippen LogP contribution in [0.15, 0.2) is 64.0 Å². The van der Waals surface area contributed by atoms with Gasteiger partial charge >= 0.3 is 0 Å². The summed E-state index contributed by atoms with van der Waals surface area (Å²) in [6, 6.07) is 16.4. The third-order valence-corrected chi connectivity index (χ3v) is 6.06. The number of rotatable bonds is 4. The van der Waals surface area contributed by atoms with Gasteiger partial charge in [-0.25, -0.2) is 13.6 Å². The Labute approximate surface area is 152 Å². The van der Waals surface area contributed by atoms with E-state index in [0.717, 1.165) is 11.1 Å². The SMILES string of the molecule is CC1(C)[C@H](c2ccc(S(N)(=O)=O)cc2)[C@H]1c1noc(-c2ccccc2)n1. The maximum atomic E-state index is 11.4. The number of sulfonamides is 1. The zero-order valence-electron chi connectivity index (χ0n) is 14.5. The van der Waals surface area contributed by atoms with Crippen molar-refractivity contribution in [1.82, 2.24) is 10.1 Å². The number of nitrogens with two attached hydrogens (primary N) is 1. The molecule has 0 amide bonds. The van der Waals surface area contributed by atoms with Crippen LogP contribution in [-0.4, -0.2) is 18.6 Å². The first kappa shape index (κ1) is 16.9. The fraction of sp³-hybridized carbons (Fsp3) is 0.263. The lowest BCUT2D eigenvalue weighted by molar-refractivity contribution is 0.419. The molecule has 6 nitrogen and oxygen atoms in total. The summed E-state index contributed by atoms with van der Waals surface area (Å²) in [7, 11) is -3.69. The molecule has 26 heavy (non-hydrogen) atoms. The number of primary sulfonamides is 1. The lowest BCUT2D eigenvalue weighted by Gasteiger charge is -2.04. The molecule has 0 saturated heterocycles. The molecule has 0 spiro atoms. The minimum atomic E-state index is -3.69. The van der Waals surface area contributed by atoms with E-state index in [9.17, 15) is 8.42 Å². The second kappa shape index (κ2) is 5.75. The zero-order valence-corrected chi connectivity index (χ0v) is 15.3. The van der Waals surface area contributed by atoms with E-state index in [2.05, 4.69) is 24.0 Å². The Kier molecular flexibility index (Phi) is 3.75. The first-order valence-electron chi connectivity index (χ1n) is 8.30. The monoisotopic (exact) mass is 369 g/mol. The molecule has 0 unspecified atom stereocenters. The van der Waals surface area contributed by atoms with Crippen molar-refractivity contribution in [2.75, 3.05) is 0 Å². The van der Waals surface area contributed by atoms with Gasteiger partial charge in [0.2, 0.25) is 10.0 Å². The maximum Gasteiger partial charge on any atom is 0.257 e. The van der Waals surface area contributed by atoms with Crippen LogP contribution < -0.4 is 5.14 Å². The maximum absolute atomic E-state index is 11.4. The summed E-state index contributed by atoms with van der Waals surface area (Å²) in [5, 5.41) is 9.35. The summed E-state index contributed by atoms with van der Waals surface area (Å²) >= 11 is 0. The van der Waals surface area contributed by atoms with Gasteiger partial charge in [0, 0.05) is 17.4 Å². The molecule has 1 saturated carbocycles. The molecule has 0 radical (unpaired) electrons. The normalized spacial score (nSPS) is 21.5. The van der Waals surface area contributed by atoms with Gasteiger partial charge in [-0.1, -0.05) is 49.3 Å².